The third-order valence-corrected chi connectivity index (χ3v) is 4.88. The van der Waals surface area contributed by atoms with Gasteiger partial charge in [-0.25, -0.2) is 17.2 Å². The number of aryl methyl sites for hydroxylation is 1. The van der Waals surface area contributed by atoms with Crippen molar-refractivity contribution in [3.05, 3.63) is 45.8 Å². The minimum Gasteiger partial charge on any atom is -0.450 e. The summed E-state index contributed by atoms with van der Waals surface area (Å²) in [6.45, 7) is 0.867. The Balaban J connectivity index is 2.47. The molecule has 0 aliphatic rings. The topological polar surface area (TPSA) is 79.5 Å². The quantitative estimate of drug-likeness (QED) is 0.853. The van der Waals surface area contributed by atoms with Crippen molar-refractivity contribution in [2.24, 2.45) is 0 Å². The molecule has 2 rings (SSSR count). The first-order chi connectivity index (χ1) is 9.76. The molecular formula is C12H10BrF2NO4S. The monoisotopic (exact) mass is 381 g/mol. The van der Waals surface area contributed by atoms with Gasteiger partial charge in [-0.05, 0) is 34.5 Å². The van der Waals surface area contributed by atoms with Crippen LogP contribution in [-0.4, -0.2) is 13.5 Å². The van der Waals surface area contributed by atoms with E-state index in [1.807, 2.05) is 4.72 Å². The second-order valence-corrected chi connectivity index (χ2v) is 6.54. The number of halogens is 3. The first-order valence-electron chi connectivity index (χ1n) is 5.62. The molecular weight excluding hydrogens is 372 g/mol. The van der Waals surface area contributed by atoms with Crippen LogP contribution in [0.4, 0.5) is 14.5 Å². The predicted molar refractivity (Wildman–Crippen MR) is 74.2 cm³/mol. The Labute approximate surface area is 127 Å². The van der Waals surface area contributed by atoms with Gasteiger partial charge in [-0.3, -0.25) is 4.72 Å². The zero-order valence-electron chi connectivity index (χ0n) is 10.7. The minimum absolute atomic E-state index is 0.00700. The van der Waals surface area contributed by atoms with Crippen molar-refractivity contribution >= 4 is 31.6 Å². The van der Waals surface area contributed by atoms with Crippen molar-refractivity contribution in [3.63, 3.8) is 0 Å². The number of sulfonamides is 1. The van der Waals surface area contributed by atoms with Crippen molar-refractivity contribution in [3.8, 4) is 0 Å². The average molecular weight is 382 g/mol. The largest absolute Gasteiger partial charge is 0.450 e. The highest BCUT2D eigenvalue weighted by Gasteiger charge is 2.25. The van der Waals surface area contributed by atoms with Gasteiger partial charge >= 0.3 is 0 Å². The average Bonchev–Trinajstić information content (AvgIpc) is 2.81. The van der Waals surface area contributed by atoms with Gasteiger partial charge in [-0.1, -0.05) is 6.07 Å². The maximum atomic E-state index is 13.8. The molecule has 21 heavy (non-hydrogen) atoms. The van der Waals surface area contributed by atoms with Gasteiger partial charge in [0.2, 0.25) is 0 Å². The first-order valence-corrected chi connectivity index (χ1v) is 7.90. The molecule has 0 aliphatic carbocycles. The molecule has 9 heteroatoms. The van der Waals surface area contributed by atoms with Crippen LogP contribution in [0.3, 0.4) is 0 Å². The van der Waals surface area contributed by atoms with E-state index in [2.05, 4.69) is 15.9 Å². The van der Waals surface area contributed by atoms with Gasteiger partial charge in [0.25, 0.3) is 10.0 Å². The van der Waals surface area contributed by atoms with Gasteiger partial charge in [0.05, 0.1) is 0 Å². The van der Waals surface area contributed by atoms with E-state index in [9.17, 15) is 17.2 Å². The maximum Gasteiger partial charge on any atom is 0.266 e. The number of benzene rings is 1. The molecule has 2 N–H and O–H groups in total. The molecule has 0 saturated heterocycles. The van der Waals surface area contributed by atoms with Gasteiger partial charge in [0, 0.05) is 6.07 Å². The zero-order chi connectivity index (χ0) is 15.8. The molecule has 0 bridgehead atoms. The minimum atomic E-state index is -4.28. The Morgan fingerprint density at radius 1 is 1.38 bits per heavy atom. The normalized spacial score (nSPS) is 11.7. The number of aliphatic hydroxyl groups excluding tert-OH is 1. The molecule has 5 nitrogen and oxygen atoms in total. The number of hydrogen-bond donors (Lipinski definition) is 2. The highest BCUT2D eigenvalue weighted by atomic mass is 79.9. The molecule has 0 unspecified atom stereocenters. The van der Waals surface area contributed by atoms with Crippen molar-refractivity contribution in [2.45, 2.75) is 18.4 Å². The second kappa shape index (κ2) is 5.74. The molecule has 0 radical (unpaired) electrons. The summed E-state index contributed by atoms with van der Waals surface area (Å²) in [4.78, 5) is -0.369. The van der Waals surface area contributed by atoms with E-state index in [-0.39, 0.29) is 20.9 Å². The summed E-state index contributed by atoms with van der Waals surface area (Å²) in [6, 6.07) is 3.21. The summed E-state index contributed by atoms with van der Waals surface area (Å²) in [6.07, 6.45) is 0. The van der Waals surface area contributed by atoms with Gasteiger partial charge in [0.15, 0.2) is 10.5 Å². The summed E-state index contributed by atoms with van der Waals surface area (Å²) in [5.74, 6) is -2.04. The number of furan rings is 1. The van der Waals surface area contributed by atoms with Crippen LogP contribution < -0.4 is 4.72 Å². The van der Waals surface area contributed by atoms with E-state index in [0.717, 1.165) is 12.1 Å². The lowest BCUT2D eigenvalue weighted by molar-refractivity contribution is 0.245. The van der Waals surface area contributed by atoms with E-state index < -0.39 is 34.0 Å². The van der Waals surface area contributed by atoms with Gasteiger partial charge in [-0.15, -0.1) is 0 Å². The molecule has 0 spiro atoms. The van der Waals surface area contributed by atoms with Crippen molar-refractivity contribution < 1.29 is 26.7 Å². The number of aliphatic hydroxyl groups is 1. The van der Waals surface area contributed by atoms with E-state index in [0.29, 0.717) is 0 Å². The molecule has 0 amide bonds. The maximum absolute atomic E-state index is 13.8. The van der Waals surface area contributed by atoms with Crippen LogP contribution in [0.15, 0.2) is 32.2 Å². The van der Waals surface area contributed by atoms with Crippen molar-refractivity contribution in [1.29, 1.82) is 0 Å². The zero-order valence-corrected chi connectivity index (χ0v) is 13.1. The van der Waals surface area contributed by atoms with Crippen molar-refractivity contribution in [2.75, 3.05) is 4.72 Å². The van der Waals surface area contributed by atoms with E-state index >= 15 is 0 Å². The third-order valence-electron chi connectivity index (χ3n) is 2.67. The second-order valence-electron chi connectivity index (χ2n) is 4.17. The number of hydrogen-bond acceptors (Lipinski definition) is 4. The molecule has 0 saturated carbocycles. The Bertz CT molecular complexity index is 789. The number of nitrogens with one attached hydrogen (secondary N) is 1. The van der Waals surface area contributed by atoms with Gasteiger partial charge < -0.3 is 9.52 Å². The highest BCUT2D eigenvalue weighted by Crippen LogP contribution is 2.30. The standard InChI is InChI=1S/C12H10BrF2NO4S/c1-6-2-3-8(14)11(10(6)15)16-21(18,19)9-4-7(5-17)20-12(9)13/h2-4,16-17H,5H2,1H3. The molecule has 1 heterocycles. The SMILES string of the molecule is Cc1ccc(F)c(NS(=O)(=O)c2cc(CO)oc2Br)c1F. The van der Waals surface area contributed by atoms with Crippen LogP contribution in [0.25, 0.3) is 0 Å². The fraction of sp³-hybridized carbons (Fsp3) is 0.167. The first kappa shape index (κ1) is 15.9. The highest BCUT2D eigenvalue weighted by molar-refractivity contribution is 9.10. The van der Waals surface area contributed by atoms with Crippen LogP contribution in [0, 0.1) is 18.6 Å². The third kappa shape index (κ3) is 3.09. The molecule has 0 aliphatic heterocycles. The molecule has 1 aromatic heterocycles. The van der Waals surface area contributed by atoms with Crippen LogP contribution in [0.2, 0.25) is 0 Å². The van der Waals surface area contributed by atoms with Crippen molar-refractivity contribution in [1.82, 2.24) is 0 Å². The van der Waals surface area contributed by atoms with E-state index in [1.165, 1.54) is 13.0 Å². The fourth-order valence-corrected chi connectivity index (χ4v) is 3.67. The Morgan fingerprint density at radius 3 is 2.62 bits per heavy atom. The Hall–Kier alpha value is -1.45. The summed E-state index contributed by atoms with van der Waals surface area (Å²) in [5, 5.41) is 8.91. The Kier molecular flexibility index (Phi) is 4.35. The number of rotatable bonds is 4. The number of anilines is 1. The van der Waals surface area contributed by atoms with Crippen LogP contribution >= 0.6 is 15.9 Å². The molecule has 0 atom stereocenters. The van der Waals surface area contributed by atoms with Gasteiger partial charge in [0.1, 0.15) is 28.8 Å². The predicted octanol–water partition coefficient (Wildman–Crippen LogP) is 2.92. The lowest BCUT2D eigenvalue weighted by atomic mass is 10.2. The lowest BCUT2D eigenvalue weighted by Gasteiger charge is -2.10. The smallest absolute Gasteiger partial charge is 0.266 e. The summed E-state index contributed by atoms with van der Waals surface area (Å²) >= 11 is 2.87. The summed E-state index contributed by atoms with van der Waals surface area (Å²) in [5.41, 5.74) is -0.676. The molecule has 2 aromatic rings. The summed E-state index contributed by atoms with van der Waals surface area (Å²) < 4.78 is 58.3. The van der Waals surface area contributed by atoms with Gasteiger partial charge in [-0.2, -0.15) is 0 Å². The Morgan fingerprint density at radius 2 is 2.05 bits per heavy atom. The lowest BCUT2D eigenvalue weighted by Crippen LogP contribution is -2.15. The molecule has 114 valence electrons. The van der Waals surface area contributed by atoms with Crippen LogP contribution in [0.5, 0.6) is 0 Å². The van der Waals surface area contributed by atoms with Crippen LogP contribution in [-0.2, 0) is 16.6 Å². The summed E-state index contributed by atoms with van der Waals surface area (Å²) in [7, 11) is -4.28. The van der Waals surface area contributed by atoms with E-state index in [1.54, 1.807) is 0 Å². The molecule has 0 fully saturated rings. The van der Waals surface area contributed by atoms with E-state index in [4.69, 9.17) is 9.52 Å². The van der Waals surface area contributed by atoms with Crippen LogP contribution in [0.1, 0.15) is 11.3 Å². The fourth-order valence-electron chi connectivity index (χ4n) is 1.60. The molecule has 1 aromatic carbocycles.